The van der Waals surface area contributed by atoms with Crippen molar-refractivity contribution in [1.29, 1.82) is 0 Å². The number of amides is 4. The molecule has 2 aliphatic heterocycles. The second-order valence-electron chi connectivity index (χ2n) is 10.9. The number of rotatable bonds is 3. The molecule has 1 aromatic rings. The van der Waals surface area contributed by atoms with Gasteiger partial charge in [0.15, 0.2) is 9.75 Å². The molecule has 10 heteroatoms. The van der Waals surface area contributed by atoms with Crippen molar-refractivity contribution in [2.45, 2.75) is 66.7 Å². The van der Waals surface area contributed by atoms with Crippen molar-refractivity contribution in [2.24, 2.45) is 17.8 Å². The molecule has 4 amide bonds. The first-order valence-corrected chi connectivity index (χ1v) is 14.7. The maximum absolute atomic E-state index is 13.9. The predicted octanol–water partition coefficient (Wildman–Crippen LogP) is 4.44. The number of allylic oxidation sites excluding steroid dienone is 2. The maximum atomic E-state index is 13.9. The molecule has 6 atom stereocenters. The molecular formula is C27H27BrCl2N2O5. The average molecular weight is 610 g/mol. The van der Waals surface area contributed by atoms with Gasteiger partial charge in [-0.25, -0.2) is 0 Å². The molecule has 6 rings (SSSR count). The molecule has 0 radical (unpaired) electrons. The van der Waals surface area contributed by atoms with Gasteiger partial charge in [0, 0.05) is 12.0 Å². The predicted molar refractivity (Wildman–Crippen MR) is 140 cm³/mol. The van der Waals surface area contributed by atoms with Crippen LogP contribution >= 0.6 is 39.1 Å². The summed E-state index contributed by atoms with van der Waals surface area (Å²) in [6.07, 6.45) is 6.95. The Kier molecular flexibility index (Phi) is 6.05. The molecule has 6 unspecified atom stereocenters. The highest BCUT2D eigenvalue weighted by atomic mass is 79.9. The van der Waals surface area contributed by atoms with E-state index in [1.54, 1.807) is 12.1 Å². The molecule has 5 aliphatic rings. The third-order valence-corrected chi connectivity index (χ3v) is 11.1. The van der Waals surface area contributed by atoms with Gasteiger partial charge >= 0.3 is 0 Å². The minimum absolute atomic E-state index is 0.0148. The molecule has 4 fully saturated rings. The normalized spacial score (nSPS) is 38.0. The van der Waals surface area contributed by atoms with Crippen molar-refractivity contribution < 1.29 is 24.3 Å². The molecule has 1 N–H and O–H groups in total. The minimum Gasteiger partial charge on any atom is -0.508 e. The molecule has 2 heterocycles. The summed E-state index contributed by atoms with van der Waals surface area (Å²) in [5.41, 5.74) is 1.21. The number of phenols is 1. The Morgan fingerprint density at radius 2 is 1.73 bits per heavy atom. The molecule has 0 spiro atoms. The molecular weight excluding hydrogens is 583 g/mol. The number of carbonyl (C=O) groups is 4. The van der Waals surface area contributed by atoms with Gasteiger partial charge in [0.1, 0.15) is 5.75 Å². The van der Waals surface area contributed by atoms with Crippen molar-refractivity contribution in [2.75, 3.05) is 5.45 Å². The Labute approximate surface area is 233 Å². The van der Waals surface area contributed by atoms with E-state index in [0.29, 0.717) is 12.0 Å². The summed E-state index contributed by atoms with van der Waals surface area (Å²) in [7, 11) is 0. The Bertz CT molecular complexity index is 1250. The monoisotopic (exact) mass is 608 g/mol. The van der Waals surface area contributed by atoms with Gasteiger partial charge in [-0.2, -0.15) is 0 Å². The quantitative estimate of drug-likeness (QED) is 0.237. The van der Waals surface area contributed by atoms with E-state index in [4.69, 9.17) is 23.2 Å². The van der Waals surface area contributed by atoms with Crippen molar-refractivity contribution in [1.82, 2.24) is 9.80 Å². The van der Waals surface area contributed by atoms with Crippen molar-refractivity contribution in [3.05, 3.63) is 41.5 Å². The number of imide groups is 2. The van der Waals surface area contributed by atoms with Crippen LogP contribution in [-0.4, -0.2) is 59.8 Å². The van der Waals surface area contributed by atoms with Gasteiger partial charge in [0.2, 0.25) is 11.8 Å². The third-order valence-electron chi connectivity index (χ3n) is 9.19. The summed E-state index contributed by atoms with van der Waals surface area (Å²) < 4.78 is 0. The zero-order chi connectivity index (χ0) is 26.3. The highest BCUT2D eigenvalue weighted by molar-refractivity contribution is 9.09. The number of carbonyl (C=O) groups excluding carboxylic acids is 4. The zero-order valence-corrected chi connectivity index (χ0v) is 23.1. The maximum Gasteiger partial charge on any atom is 0.254 e. The van der Waals surface area contributed by atoms with E-state index >= 15 is 0 Å². The molecule has 3 aliphatic carbocycles. The molecule has 2 saturated carbocycles. The largest absolute Gasteiger partial charge is 0.508 e. The summed E-state index contributed by atoms with van der Waals surface area (Å²) in [5, 5.41) is 10.3. The fourth-order valence-corrected chi connectivity index (χ4v) is 8.98. The van der Waals surface area contributed by atoms with Gasteiger partial charge in [0.05, 0.1) is 17.3 Å². The first-order valence-electron chi connectivity index (χ1n) is 12.8. The number of benzene rings is 1. The summed E-state index contributed by atoms with van der Waals surface area (Å²) in [6, 6.07) is 6.33. The van der Waals surface area contributed by atoms with Gasteiger partial charge in [-0.1, -0.05) is 59.0 Å². The number of halogens is 3. The number of phenolic OH excluding ortho intramolecular Hbond substituents is 1. The smallest absolute Gasteiger partial charge is 0.254 e. The van der Waals surface area contributed by atoms with E-state index in [1.807, 2.05) is 6.08 Å². The SMILES string of the molecule is O=C1C2CC=C3C(CC4(Cl)C(=O)N(CBr)C(=O)C4(Cl)C3c3cccc(O)c3)C2C(=O)N1C1CCCCC1. The molecule has 196 valence electrons. The van der Waals surface area contributed by atoms with Crippen LogP contribution < -0.4 is 0 Å². The van der Waals surface area contributed by atoms with Gasteiger partial charge in [-0.15, -0.1) is 23.2 Å². The molecule has 2 saturated heterocycles. The van der Waals surface area contributed by atoms with Crippen molar-refractivity contribution in [3.63, 3.8) is 0 Å². The van der Waals surface area contributed by atoms with E-state index in [1.165, 1.54) is 17.0 Å². The lowest BCUT2D eigenvalue weighted by Gasteiger charge is -2.50. The summed E-state index contributed by atoms with van der Waals surface area (Å²) in [4.78, 5) is 53.6. The number of hydrogen-bond donors (Lipinski definition) is 1. The highest BCUT2D eigenvalue weighted by Crippen LogP contribution is 2.65. The fraction of sp³-hybridized carbons (Fsp3) is 0.556. The van der Waals surface area contributed by atoms with Crippen LogP contribution in [0.1, 0.15) is 56.4 Å². The van der Waals surface area contributed by atoms with Gasteiger partial charge in [-0.05, 0) is 49.3 Å². The average Bonchev–Trinajstić information content (AvgIpc) is 3.22. The number of likely N-dealkylation sites (tertiary alicyclic amines) is 2. The Morgan fingerprint density at radius 3 is 2.41 bits per heavy atom. The van der Waals surface area contributed by atoms with E-state index in [-0.39, 0.29) is 35.5 Å². The van der Waals surface area contributed by atoms with E-state index in [9.17, 15) is 24.3 Å². The number of aromatic hydroxyl groups is 1. The van der Waals surface area contributed by atoms with Crippen LogP contribution in [0.25, 0.3) is 0 Å². The summed E-state index contributed by atoms with van der Waals surface area (Å²) in [6.45, 7) is 0. The third kappa shape index (κ3) is 3.31. The Hall–Kier alpha value is -1.90. The van der Waals surface area contributed by atoms with Crippen LogP contribution in [0.5, 0.6) is 5.75 Å². The first-order chi connectivity index (χ1) is 17.6. The fourth-order valence-electron chi connectivity index (χ4n) is 7.55. The second-order valence-corrected chi connectivity index (χ2v) is 12.7. The zero-order valence-electron chi connectivity index (χ0n) is 20.0. The van der Waals surface area contributed by atoms with Gasteiger partial charge in [0.25, 0.3) is 11.8 Å². The van der Waals surface area contributed by atoms with Crippen molar-refractivity contribution >= 4 is 62.8 Å². The Balaban J connectivity index is 1.49. The Morgan fingerprint density at radius 1 is 1.00 bits per heavy atom. The lowest BCUT2D eigenvalue weighted by Crippen LogP contribution is -2.60. The minimum atomic E-state index is -1.85. The number of nitrogens with zero attached hydrogens (tertiary/aromatic N) is 2. The molecule has 7 nitrogen and oxygen atoms in total. The van der Waals surface area contributed by atoms with Crippen LogP contribution in [0.4, 0.5) is 0 Å². The molecule has 1 aromatic carbocycles. The number of fused-ring (bicyclic) bond motifs is 4. The lowest BCUT2D eigenvalue weighted by atomic mass is 9.56. The van der Waals surface area contributed by atoms with Gasteiger partial charge in [-0.3, -0.25) is 29.0 Å². The highest BCUT2D eigenvalue weighted by Gasteiger charge is 2.76. The van der Waals surface area contributed by atoms with Crippen LogP contribution in [-0.2, 0) is 19.2 Å². The summed E-state index contributed by atoms with van der Waals surface area (Å²) >= 11 is 17.6. The van der Waals surface area contributed by atoms with Crippen LogP contribution in [0.15, 0.2) is 35.9 Å². The van der Waals surface area contributed by atoms with E-state index in [0.717, 1.165) is 42.6 Å². The van der Waals surface area contributed by atoms with Crippen LogP contribution in [0, 0.1) is 17.8 Å². The molecule has 0 bridgehead atoms. The lowest BCUT2D eigenvalue weighted by molar-refractivity contribution is -0.144. The van der Waals surface area contributed by atoms with Crippen LogP contribution in [0.3, 0.4) is 0 Å². The van der Waals surface area contributed by atoms with Crippen LogP contribution in [0.2, 0.25) is 0 Å². The number of hydrogen-bond acceptors (Lipinski definition) is 5. The summed E-state index contributed by atoms with van der Waals surface area (Å²) in [5.74, 6) is -4.16. The standard InChI is InChI=1S/C27H27BrCl2N2O5/c28-13-31-24(36)26(29)12-19-17(21(27(26,30)25(31)37)14-5-4-8-16(33)11-14)9-10-18-20(19)23(35)32(22(18)34)15-6-2-1-3-7-15/h4-5,8-9,11,15,18-21,33H,1-3,6-7,10,12-13H2. The second kappa shape index (κ2) is 8.82. The molecule has 37 heavy (non-hydrogen) atoms. The topological polar surface area (TPSA) is 95.0 Å². The van der Waals surface area contributed by atoms with E-state index < -0.39 is 45.2 Å². The first kappa shape index (κ1) is 25.4. The number of alkyl halides is 3. The van der Waals surface area contributed by atoms with Gasteiger partial charge < -0.3 is 5.11 Å². The van der Waals surface area contributed by atoms with E-state index in [2.05, 4.69) is 15.9 Å². The van der Waals surface area contributed by atoms with Crippen molar-refractivity contribution in [3.8, 4) is 5.75 Å². The molecule has 0 aromatic heterocycles.